The Morgan fingerprint density at radius 3 is 3.19 bits per heavy atom. The van der Waals surface area contributed by atoms with Crippen LogP contribution in [0.3, 0.4) is 0 Å². The van der Waals surface area contributed by atoms with Gasteiger partial charge in [0.25, 0.3) is 0 Å². The third-order valence-electron chi connectivity index (χ3n) is 3.34. The minimum absolute atomic E-state index is 0.373. The lowest BCUT2D eigenvalue weighted by atomic mass is 9.97. The minimum Gasteiger partial charge on any atom is -0.375 e. The molecule has 1 aromatic heterocycles. The second-order valence-corrected chi connectivity index (χ2v) is 4.55. The molecule has 0 bridgehead atoms. The Bertz CT molecular complexity index is 324. The van der Waals surface area contributed by atoms with Crippen molar-refractivity contribution in [3.8, 4) is 0 Å². The Balaban J connectivity index is 1.73. The summed E-state index contributed by atoms with van der Waals surface area (Å²) in [4.78, 5) is 4.19. The molecule has 4 heteroatoms. The van der Waals surface area contributed by atoms with Crippen LogP contribution in [0.4, 0.5) is 0 Å². The summed E-state index contributed by atoms with van der Waals surface area (Å²) in [7, 11) is 0. The molecule has 90 valence electrons. The van der Waals surface area contributed by atoms with Crippen molar-refractivity contribution < 1.29 is 4.74 Å². The molecule has 1 aromatic rings. The Labute approximate surface area is 97.0 Å². The van der Waals surface area contributed by atoms with Crippen molar-refractivity contribution in [2.24, 2.45) is 5.92 Å². The molecule has 0 aromatic carbocycles. The maximum absolute atomic E-state index is 5.91. The van der Waals surface area contributed by atoms with Gasteiger partial charge in [-0.2, -0.15) is 0 Å². The van der Waals surface area contributed by atoms with Gasteiger partial charge in [-0.25, -0.2) is 4.98 Å². The van der Waals surface area contributed by atoms with Crippen LogP contribution in [0.5, 0.6) is 0 Å². The molecule has 0 aliphatic carbocycles. The lowest BCUT2D eigenvalue weighted by Gasteiger charge is -2.29. The molecule has 2 rings (SSSR count). The van der Waals surface area contributed by atoms with E-state index in [1.54, 1.807) is 0 Å². The fourth-order valence-electron chi connectivity index (χ4n) is 2.13. The van der Waals surface area contributed by atoms with Gasteiger partial charge in [0.1, 0.15) is 5.82 Å². The van der Waals surface area contributed by atoms with Crippen LogP contribution >= 0.6 is 0 Å². The highest BCUT2D eigenvalue weighted by Gasteiger charge is 2.21. The molecular weight excluding hydrogens is 202 g/mol. The Kier molecular flexibility index (Phi) is 3.96. The Hall–Kier alpha value is -0.870. The van der Waals surface area contributed by atoms with E-state index in [4.69, 9.17) is 4.74 Å². The van der Waals surface area contributed by atoms with E-state index >= 15 is 0 Å². The maximum atomic E-state index is 5.91. The first-order chi connectivity index (χ1) is 7.77. The number of piperidine rings is 1. The number of hydrogen-bond donors (Lipinski definition) is 1. The van der Waals surface area contributed by atoms with E-state index < -0.39 is 0 Å². The SMILES string of the molecule is Cc1nccn1CCOC1CNCCC1C. The van der Waals surface area contributed by atoms with E-state index in [1.807, 2.05) is 19.3 Å². The number of ether oxygens (including phenoxy) is 1. The highest BCUT2D eigenvalue weighted by atomic mass is 16.5. The summed E-state index contributed by atoms with van der Waals surface area (Å²) in [5.41, 5.74) is 0. The molecule has 1 fully saturated rings. The number of aryl methyl sites for hydroxylation is 1. The van der Waals surface area contributed by atoms with Crippen molar-refractivity contribution >= 4 is 0 Å². The lowest BCUT2D eigenvalue weighted by Crippen LogP contribution is -2.41. The van der Waals surface area contributed by atoms with Gasteiger partial charge in [0, 0.05) is 25.5 Å². The van der Waals surface area contributed by atoms with Crippen molar-refractivity contribution in [1.29, 1.82) is 0 Å². The van der Waals surface area contributed by atoms with Crippen molar-refractivity contribution in [3.05, 3.63) is 18.2 Å². The zero-order valence-electron chi connectivity index (χ0n) is 10.1. The number of aromatic nitrogens is 2. The smallest absolute Gasteiger partial charge is 0.105 e. The summed E-state index contributed by atoms with van der Waals surface area (Å²) in [5.74, 6) is 1.73. The van der Waals surface area contributed by atoms with Crippen LogP contribution in [-0.2, 0) is 11.3 Å². The number of nitrogens with zero attached hydrogens (tertiary/aromatic N) is 2. The van der Waals surface area contributed by atoms with Crippen molar-refractivity contribution in [2.45, 2.75) is 32.9 Å². The van der Waals surface area contributed by atoms with E-state index in [0.29, 0.717) is 12.0 Å². The first-order valence-electron chi connectivity index (χ1n) is 6.07. The van der Waals surface area contributed by atoms with Crippen molar-refractivity contribution in [3.63, 3.8) is 0 Å². The number of nitrogens with one attached hydrogen (secondary N) is 1. The predicted octanol–water partition coefficient (Wildman–Crippen LogP) is 1.21. The van der Waals surface area contributed by atoms with Crippen LogP contribution in [0.15, 0.2) is 12.4 Å². The summed E-state index contributed by atoms with van der Waals surface area (Å²) >= 11 is 0. The fraction of sp³-hybridized carbons (Fsp3) is 0.750. The summed E-state index contributed by atoms with van der Waals surface area (Å²) in [5, 5.41) is 3.38. The second-order valence-electron chi connectivity index (χ2n) is 4.55. The Morgan fingerprint density at radius 1 is 1.62 bits per heavy atom. The van der Waals surface area contributed by atoms with E-state index in [0.717, 1.165) is 32.1 Å². The van der Waals surface area contributed by atoms with E-state index in [2.05, 4.69) is 21.8 Å². The highest BCUT2D eigenvalue weighted by molar-refractivity contribution is 4.88. The summed E-state index contributed by atoms with van der Waals surface area (Å²) in [6, 6.07) is 0. The van der Waals surface area contributed by atoms with Crippen LogP contribution in [0.2, 0.25) is 0 Å². The van der Waals surface area contributed by atoms with Crippen LogP contribution in [0.1, 0.15) is 19.2 Å². The molecule has 1 aliphatic rings. The first-order valence-corrected chi connectivity index (χ1v) is 6.07. The molecule has 1 aliphatic heterocycles. The average molecular weight is 223 g/mol. The third-order valence-corrected chi connectivity index (χ3v) is 3.34. The molecule has 2 heterocycles. The summed E-state index contributed by atoms with van der Waals surface area (Å²) in [6.45, 7) is 8.08. The zero-order valence-corrected chi connectivity index (χ0v) is 10.1. The van der Waals surface area contributed by atoms with Gasteiger partial charge in [0.15, 0.2) is 0 Å². The van der Waals surface area contributed by atoms with E-state index in [1.165, 1.54) is 6.42 Å². The molecular formula is C12H21N3O. The monoisotopic (exact) mass is 223 g/mol. The standard InChI is InChI=1S/C12H21N3O/c1-10-3-4-13-9-12(10)16-8-7-15-6-5-14-11(15)2/h5-6,10,12-13H,3-4,7-9H2,1-2H3. The molecule has 4 nitrogen and oxygen atoms in total. The minimum atomic E-state index is 0.373. The van der Waals surface area contributed by atoms with E-state index in [-0.39, 0.29) is 0 Å². The van der Waals surface area contributed by atoms with Crippen LogP contribution < -0.4 is 5.32 Å². The fourth-order valence-corrected chi connectivity index (χ4v) is 2.13. The number of hydrogen-bond acceptors (Lipinski definition) is 3. The molecule has 2 atom stereocenters. The molecule has 0 radical (unpaired) electrons. The zero-order chi connectivity index (χ0) is 11.4. The van der Waals surface area contributed by atoms with Crippen molar-refractivity contribution in [2.75, 3.05) is 19.7 Å². The molecule has 0 spiro atoms. The topological polar surface area (TPSA) is 39.1 Å². The van der Waals surface area contributed by atoms with Crippen LogP contribution in [0.25, 0.3) is 0 Å². The van der Waals surface area contributed by atoms with Gasteiger partial charge in [-0.3, -0.25) is 0 Å². The molecule has 0 amide bonds. The largest absolute Gasteiger partial charge is 0.375 e. The Morgan fingerprint density at radius 2 is 2.50 bits per heavy atom. The van der Waals surface area contributed by atoms with Gasteiger partial charge in [-0.05, 0) is 25.8 Å². The van der Waals surface area contributed by atoms with Crippen molar-refractivity contribution in [1.82, 2.24) is 14.9 Å². The number of imidazole rings is 1. The van der Waals surface area contributed by atoms with Crippen LogP contribution in [0, 0.1) is 12.8 Å². The lowest BCUT2D eigenvalue weighted by molar-refractivity contribution is 0.000310. The van der Waals surface area contributed by atoms with E-state index in [9.17, 15) is 0 Å². The van der Waals surface area contributed by atoms with Gasteiger partial charge < -0.3 is 14.6 Å². The molecule has 1 N–H and O–H groups in total. The maximum Gasteiger partial charge on any atom is 0.105 e. The van der Waals surface area contributed by atoms with Gasteiger partial charge in [-0.1, -0.05) is 6.92 Å². The summed E-state index contributed by atoms with van der Waals surface area (Å²) < 4.78 is 8.04. The van der Waals surface area contributed by atoms with Gasteiger partial charge >= 0.3 is 0 Å². The van der Waals surface area contributed by atoms with Gasteiger partial charge in [0.2, 0.25) is 0 Å². The average Bonchev–Trinajstić information content (AvgIpc) is 2.67. The summed E-state index contributed by atoms with van der Waals surface area (Å²) in [6.07, 6.45) is 5.42. The predicted molar refractivity (Wildman–Crippen MR) is 63.4 cm³/mol. The molecule has 1 saturated heterocycles. The number of rotatable bonds is 4. The molecule has 2 unspecified atom stereocenters. The normalized spacial score (nSPS) is 25.9. The van der Waals surface area contributed by atoms with Gasteiger partial charge in [0.05, 0.1) is 12.7 Å². The third kappa shape index (κ3) is 2.83. The second kappa shape index (κ2) is 5.46. The molecule has 16 heavy (non-hydrogen) atoms. The quantitative estimate of drug-likeness (QED) is 0.834. The first kappa shape index (κ1) is 11.6. The molecule has 0 saturated carbocycles. The van der Waals surface area contributed by atoms with Gasteiger partial charge in [-0.15, -0.1) is 0 Å². The highest BCUT2D eigenvalue weighted by Crippen LogP contribution is 2.14. The van der Waals surface area contributed by atoms with Crippen LogP contribution in [-0.4, -0.2) is 35.4 Å².